The van der Waals surface area contributed by atoms with Crippen LogP contribution in [0.1, 0.15) is 11.4 Å². The third kappa shape index (κ3) is 2.55. The van der Waals surface area contributed by atoms with Gasteiger partial charge in [-0.1, -0.05) is 0 Å². The second kappa shape index (κ2) is 5.55. The number of hydrogen-bond donors (Lipinski definition) is 3. The second-order valence-electron chi connectivity index (χ2n) is 5.24. The molecule has 0 spiro atoms. The van der Waals surface area contributed by atoms with E-state index in [-0.39, 0.29) is 5.91 Å². The van der Waals surface area contributed by atoms with Crippen LogP contribution in [0.15, 0.2) is 30.0 Å². The number of methoxy groups -OCH3 is 1. The molecule has 0 bridgehead atoms. The number of nitrogens with zero attached hydrogens (tertiary/aromatic N) is 1. The standard InChI is InChI=1S/C16H18N4O2/c1-9-16(10(2)20-19-9)13-5-4-11(6-14(13)22-3)18-12-7-15(21)17-8-12/h4-7,18H,8H2,1-3H3,(H,17,21)(H,19,20). The Bertz CT molecular complexity index is 742. The predicted molar refractivity (Wildman–Crippen MR) is 84.8 cm³/mol. The van der Waals surface area contributed by atoms with Crippen molar-refractivity contribution in [2.24, 2.45) is 0 Å². The summed E-state index contributed by atoms with van der Waals surface area (Å²) in [5.74, 6) is 0.686. The van der Waals surface area contributed by atoms with Gasteiger partial charge < -0.3 is 15.4 Å². The summed E-state index contributed by atoms with van der Waals surface area (Å²) in [6, 6.07) is 5.88. The number of benzene rings is 1. The Kier molecular flexibility index (Phi) is 3.58. The predicted octanol–water partition coefficient (Wildman–Crippen LogP) is 2.13. The van der Waals surface area contributed by atoms with E-state index >= 15 is 0 Å². The van der Waals surface area contributed by atoms with Crippen molar-refractivity contribution >= 4 is 11.6 Å². The molecule has 1 aliphatic heterocycles. The number of rotatable bonds is 4. The summed E-state index contributed by atoms with van der Waals surface area (Å²) < 4.78 is 5.52. The summed E-state index contributed by atoms with van der Waals surface area (Å²) in [6.45, 7) is 4.47. The molecule has 2 aromatic rings. The molecule has 1 aromatic heterocycles. The van der Waals surface area contributed by atoms with E-state index in [9.17, 15) is 4.79 Å². The molecule has 0 atom stereocenters. The number of aromatic nitrogens is 2. The Balaban J connectivity index is 1.94. The molecular formula is C16H18N4O2. The van der Waals surface area contributed by atoms with E-state index in [1.54, 1.807) is 13.2 Å². The van der Waals surface area contributed by atoms with Crippen molar-refractivity contribution in [1.29, 1.82) is 0 Å². The zero-order valence-electron chi connectivity index (χ0n) is 12.8. The lowest BCUT2D eigenvalue weighted by molar-refractivity contribution is -0.115. The van der Waals surface area contributed by atoms with Crippen molar-refractivity contribution in [2.75, 3.05) is 19.0 Å². The molecule has 3 N–H and O–H groups in total. The molecule has 1 aliphatic rings. The molecule has 6 heteroatoms. The molecule has 0 fully saturated rings. The van der Waals surface area contributed by atoms with Crippen LogP contribution in [0.4, 0.5) is 5.69 Å². The van der Waals surface area contributed by atoms with Gasteiger partial charge in [0.1, 0.15) is 5.75 Å². The number of ether oxygens (including phenoxy) is 1. The van der Waals surface area contributed by atoms with E-state index in [0.717, 1.165) is 39.6 Å². The lowest BCUT2D eigenvalue weighted by atomic mass is 10.0. The first kappa shape index (κ1) is 14.2. The fraction of sp³-hybridized carbons (Fsp3) is 0.250. The maximum atomic E-state index is 11.2. The summed E-state index contributed by atoms with van der Waals surface area (Å²) in [7, 11) is 1.65. The first-order valence-electron chi connectivity index (χ1n) is 7.04. The largest absolute Gasteiger partial charge is 0.496 e. The van der Waals surface area contributed by atoms with Crippen LogP contribution in [0.2, 0.25) is 0 Å². The van der Waals surface area contributed by atoms with Crippen molar-refractivity contribution < 1.29 is 9.53 Å². The molecule has 22 heavy (non-hydrogen) atoms. The minimum absolute atomic E-state index is 0.0734. The molecule has 0 unspecified atom stereocenters. The van der Waals surface area contributed by atoms with Crippen molar-refractivity contribution in [3.63, 3.8) is 0 Å². The van der Waals surface area contributed by atoms with Gasteiger partial charge in [-0.15, -0.1) is 0 Å². The van der Waals surface area contributed by atoms with Gasteiger partial charge in [-0.25, -0.2) is 0 Å². The van der Waals surface area contributed by atoms with E-state index in [0.29, 0.717) is 6.54 Å². The Hall–Kier alpha value is -2.76. The van der Waals surface area contributed by atoms with Gasteiger partial charge in [0, 0.05) is 40.3 Å². The van der Waals surface area contributed by atoms with Gasteiger partial charge in [0.2, 0.25) is 5.91 Å². The summed E-state index contributed by atoms with van der Waals surface area (Å²) in [5, 5.41) is 13.2. The number of anilines is 1. The van der Waals surface area contributed by atoms with Gasteiger partial charge >= 0.3 is 0 Å². The number of aryl methyl sites for hydroxylation is 2. The average Bonchev–Trinajstić information content (AvgIpc) is 3.05. The fourth-order valence-electron chi connectivity index (χ4n) is 2.63. The molecule has 114 valence electrons. The number of amides is 1. The van der Waals surface area contributed by atoms with Crippen LogP contribution in [0.5, 0.6) is 5.75 Å². The highest BCUT2D eigenvalue weighted by atomic mass is 16.5. The minimum atomic E-state index is -0.0734. The molecule has 3 rings (SSSR count). The van der Waals surface area contributed by atoms with Gasteiger partial charge in [0.05, 0.1) is 19.3 Å². The van der Waals surface area contributed by atoms with Crippen LogP contribution in [-0.4, -0.2) is 29.8 Å². The maximum Gasteiger partial charge on any atom is 0.246 e. The Morgan fingerprint density at radius 1 is 1.32 bits per heavy atom. The van der Waals surface area contributed by atoms with Crippen molar-refractivity contribution in [1.82, 2.24) is 15.5 Å². The Morgan fingerprint density at radius 3 is 2.73 bits per heavy atom. The monoisotopic (exact) mass is 298 g/mol. The zero-order valence-corrected chi connectivity index (χ0v) is 12.8. The second-order valence-corrected chi connectivity index (χ2v) is 5.24. The average molecular weight is 298 g/mol. The lowest BCUT2D eigenvalue weighted by Gasteiger charge is -2.13. The highest BCUT2D eigenvalue weighted by molar-refractivity contribution is 5.92. The molecule has 1 aromatic carbocycles. The summed E-state index contributed by atoms with van der Waals surface area (Å²) in [4.78, 5) is 11.2. The SMILES string of the molecule is COc1cc(NC2=CC(=O)NC2)ccc1-c1c(C)n[nH]c1C. The normalized spacial score (nSPS) is 13.8. The molecule has 0 radical (unpaired) electrons. The molecule has 6 nitrogen and oxygen atoms in total. The van der Waals surface area contributed by atoms with Crippen LogP contribution >= 0.6 is 0 Å². The van der Waals surface area contributed by atoms with Crippen LogP contribution in [0.3, 0.4) is 0 Å². The molecule has 2 heterocycles. The molecule has 0 saturated carbocycles. The Labute approximate surface area is 128 Å². The molecular weight excluding hydrogens is 280 g/mol. The molecule has 0 saturated heterocycles. The lowest BCUT2D eigenvalue weighted by Crippen LogP contribution is -2.16. The highest BCUT2D eigenvalue weighted by Crippen LogP contribution is 2.35. The number of hydrogen-bond acceptors (Lipinski definition) is 4. The van der Waals surface area contributed by atoms with Crippen LogP contribution in [0, 0.1) is 13.8 Å². The first-order chi connectivity index (χ1) is 10.6. The molecule has 0 aliphatic carbocycles. The van der Waals surface area contributed by atoms with Crippen molar-refractivity contribution in [3.05, 3.63) is 41.4 Å². The van der Waals surface area contributed by atoms with E-state index in [4.69, 9.17) is 4.74 Å². The van der Waals surface area contributed by atoms with Crippen LogP contribution in [-0.2, 0) is 4.79 Å². The van der Waals surface area contributed by atoms with Crippen LogP contribution in [0.25, 0.3) is 11.1 Å². The van der Waals surface area contributed by atoms with E-state index < -0.39 is 0 Å². The van der Waals surface area contributed by atoms with Gasteiger partial charge in [-0.3, -0.25) is 9.89 Å². The quantitative estimate of drug-likeness (QED) is 0.808. The number of nitrogens with one attached hydrogen (secondary N) is 3. The van der Waals surface area contributed by atoms with Gasteiger partial charge in [-0.05, 0) is 26.0 Å². The maximum absolute atomic E-state index is 11.2. The summed E-state index contributed by atoms with van der Waals surface area (Å²) in [6.07, 6.45) is 1.56. The highest BCUT2D eigenvalue weighted by Gasteiger charge is 2.15. The van der Waals surface area contributed by atoms with E-state index in [1.165, 1.54) is 0 Å². The number of carbonyl (C=O) groups excluding carboxylic acids is 1. The van der Waals surface area contributed by atoms with Gasteiger partial charge in [-0.2, -0.15) is 5.10 Å². The number of carbonyl (C=O) groups is 1. The minimum Gasteiger partial charge on any atom is -0.496 e. The van der Waals surface area contributed by atoms with Gasteiger partial charge in [0.15, 0.2) is 0 Å². The summed E-state index contributed by atoms with van der Waals surface area (Å²) in [5.41, 5.74) is 5.71. The van der Waals surface area contributed by atoms with Crippen molar-refractivity contribution in [3.8, 4) is 16.9 Å². The molecule has 1 amide bonds. The third-order valence-electron chi connectivity index (χ3n) is 3.66. The topological polar surface area (TPSA) is 79.0 Å². The zero-order chi connectivity index (χ0) is 15.7. The number of H-pyrrole nitrogens is 1. The van der Waals surface area contributed by atoms with Crippen molar-refractivity contribution in [2.45, 2.75) is 13.8 Å². The fourth-order valence-corrected chi connectivity index (χ4v) is 2.63. The van der Waals surface area contributed by atoms with E-state index in [2.05, 4.69) is 20.8 Å². The Morgan fingerprint density at radius 2 is 2.14 bits per heavy atom. The number of aromatic amines is 1. The van der Waals surface area contributed by atoms with Gasteiger partial charge in [0.25, 0.3) is 0 Å². The van der Waals surface area contributed by atoms with E-state index in [1.807, 2.05) is 32.0 Å². The third-order valence-corrected chi connectivity index (χ3v) is 3.66. The first-order valence-corrected chi connectivity index (χ1v) is 7.04. The summed E-state index contributed by atoms with van der Waals surface area (Å²) >= 11 is 0. The van der Waals surface area contributed by atoms with Crippen LogP contribution < -0.4 is 15.4 Å². The smallest absolute Gasteiger partial charge is 0.246 e.